The maximum Gasteiger partial charge on any atom is 0.244 e. The standard InChI is InChI=1S/C13H19FN2O3S/c1-9-5-11(14)6-10(2)13(9)20(17,18)16-3-4-19-8-12(16)7-15/h5-6,12H,3-4,7-8,15H2,1-2H3. The molecule has 0 spiro atoms. The molecule has 1 fully saturated rings. The Morgan fingerprint density at radius 1 is 1.40 bits per heavy atom. The predicted molar refractivity (Wildman–Crippen MR) is 73.4 cm³/mol. The van der Waals surface area contributed by atoms with Gasteiger partial charge in [0.15, 0.2) is 0 Å². The van der Waals surface area contributed by atoms with Gasteiger partial charge >= 0.3 is 0 Å². The number of morpholine rings is 1. The fraction of sp³-hybridized carbons (Fsp3) is 0.538. The molecular formula is C13H19FN2O3S. The summed E-state index contributed by atoms with van der Waals surface area (Å²) in [6, 6.07) is 2.09. The number of ether oxygens (including phenoxy) is 1. The van der Waals surface area contributed by atoms with E-state index < -0.39 is 15.8 Å². The largest absolute Gasteiger partial charge is 0.378 e. The maximum absolute atomic E-state index is 13.3. The van der Waals surface area contributed by atoms with E-state index in [0.29, 0.717) is 17.7 Å². The second-order valence-corrected chi connectivity index (χ2v) is 6.78. The number of hydrogen-bond donors (Lipinski definition) is 1. The molecule has 1 heterocycles. The van der Waals surface area contributed by atoms with Crippen molar-refractivity contribution in [3.63, 3.8) is 0 Å². The second-order valence-electron chi connectivity index (χ2n) is 4.95. The highest BCUT2D eigenvalue weighted by atomic mass is 32.2. The minimum absolute atomic E-state index is 0.166. The third-order valence-corrected chi connectivity index (χ3v) is 5.70. The van der Waals surface area contributed by atoms with Gasteiger partial charge < -0.3 is 10.5 Å². The van der Waals surface area contributed by atoms with E-state index in [1.54, 1.807) is 13.8 Å². The number of benzene rings is 1. The Bertz CT molecular complexity index is 581. The molecule has 5 nitrogen and oxygen atoms in total. The number of nitrogens with two attached hydrogens (primary N) is 1. The molecule has 0 aliphatic carbocycles. The zero-order valence-electron chi connectivity index (χ0n) is 11.6. The first-order valence-corrected chi connectivity index (χ1v) is 7.88. The van der Waals surface area contributed by atoms with E-state index in [9.17, 15) is 12.8 Å². The SMILES string of the molecule is Cc1cc(F)cc(C)c1S(=O)(=O)N1CCOCC1CN. The van der Waals surface area contributed by atoms with Crippen LogP contribution in [-0.2, 0) is 14.8 Å². The molecule has 20 heavy (non-hydrogen) atoms. The molecule has 2 N–H and O–H groups in total. The highest BCUT2D eigenvalue weighted by Gasteiger charge is 2.35. The highest BCUT2D eigenvalue weighted by Crippen LogP contribution is 2.27. The van der Waals surface area contributed by atoms with Gasteiger partial charge in [-0.1, -0.05) is 0 Å². The Morgan fingerprint density at radius 3 is 2.55 bits per heavy atom. The first-order chi connectivity index (χ1) is 9.37. The summed E-state index contributed by atoms with van der Waals surface area (Å²) >= 11 is 0. The normalized spacial score (nSPS) is 21.1. The van der Waals surface area contributed by atoms with Crippen molar-refractivity contribution in [1.82, 2.24) is 4.31 Å². The van der Waals surface area contributed by atoms with Crippen LogP contribution in [0.4, 0.5) is 4.39 Å². The van der Waals surface area contributed by atoms with Crippen molar-refractivity contribution in [2.75, 3.05) is 26.3 Å². The molecule has 112 valence electrons. The van der Waals surface area contributed by atoms with Crippen molar-refractivity contribution in [3.05, 3.63) is 29.1 Å². The van der Waals surface area contributed by atoms with E-state index in [-0.39, 0.29) is 30.6 Å². The number of aryl methyl sites for hydroxylation is 2. The summed E-state index contributed by atoms with van der Waals surface area (Å²) in [6.45, 7) is 4.28. The number of nitrogens with zero attached hydrogens (tertiary/aromatic N) is 1. The summed E-state index contributed by atoms with van der Waals surface area (Å²) in [6.07, 6.45) is 0. The molecule has 0 aromatic heterocycles. The summed E-state index contributed by atoms with van der Waals surface area (Å²) < 4.78 is 45.6. The van der Waals surface area contributed by atoms with Gasteiger partial charge in [0.2, 0.25) is 10.0 Å². The molecule has 1 saturated heterocycles. The third-order valence-electron chi connectivity index (χ3n) is 3.44. The smallest absolute Gasteiger partial charge is 0.244 e. The summed E-state index contributed by atoms with van der Waals surface area (Å²) in [5.74, 6) is -0.434. The molecule has 1 aromatic rings. The Kier molecular flexibility index (Phi) is 4.43. The molecule has 0 amide bonds. The molecule has 1 aromatic carbocycles. The molecule has 1 unspecified atom stereocenters. The van der Waals surface area contributed by atoms with Crippen LogP contribution in [0.2, 0.25) is 0 Å². The van der Waals surface area contributed by atoms with Gasteiger partial charge in [-0.25, -0.2) is 12.8 Å². The van der Waals surface area contributed by atoms with E-state index >= 15 is 0 Å². The number of halogens is 1. The van der Waals surface area contributed by atoms with Crippen LogP contribution < -0.4 is 5.73 Å². The van der Waals surface area contributed by atoms with E-state index in [0.717, 1.165) is 0 Å². The van der Waals surface area contributed by atoms with Gasteiger partial charge in [-0.15, -0.1) is 0 Å². The molecular weight excluding hydrogens is 283 g/mol. The molecule has 0 bridgehead atoms. The van der Waals surface area contributed by atoms with Gasteiger partial charge in [-0.05, 0) is 37.1 Å². The van der Waals surface area contributed by atoms with E-state index in [4.69, 9.17) is 10.5 Å². The molecule has 0 saturated carbocycles. The molecule has 2 rings (SSSR count). The molecule has 1 atom stereocenters. The molecule has 7 heteroatoms. The van der Waals surface area contributed by atoms with E-state index in [1.807, 2.05) is 0 Å². The third kappa shape index (κ3) is 2.71. The van der Waals surface area contributed by atoms with E-state index in [2.05, 4.69) is 0 Å². The minimum atomic E-state index is -3.69. The zero-order valence-corrected chi connectivity index (χ0v) is 12.4. The fourth-order valence-electron chi connectivity index (χ4n) is 2.56. The second kappa shape index (κ2) is 5.77. The van der Waals surface area contributed by atoms with Gasteiger partial charge in [0.05, 0.1) is 24.2 Å². The van der Waals surface area contributed by atoms with Crippen LogP contribution in [-0.4, -0.2) is 45.1 Å². The predicted octanol–water partition coefficient (Wildman–Crippen LogP) is 0.791. The van der Waals surface area contributed by atoms with Gasteiger partial charge in [0, 0.05) is 13.1 Å². The van der Waals surface area contributed by atoms with Gasteiger partial charge in [0.1, 0.15) is 5.82 Å². The summed E-state index contributed by atoms with van der Waals surface area (Å²) in [7, 11) is -3.69. The van der Waals surface area contributed by atoms with Gasteiger partial charge in [-0.3, -0.25) is 0 Å². The molecule has 1 aliphatic heterocycles. The van der Waals surface area contributed by atoms with Crippen LogP contribution in [0.1, 0.15) is 11.1 Å². The first kappa shape index (κ1) is 15.4. The quantitative estimate of drug-likeness (QED) is 0.896. The summed E-state index contributed by atoms with van der Waals surface area (Å²) in [5, 5.41) is 0. The van der Waals surface area contributed by atoms with Crippen LogP contribution in [0.15, 0.2) is 17.0 Å². The van der Waals surface area contributed by atoms with Gasteiger partial charge in [-0.2, -0.15) is 4.31 Å². The van der Waals surface area contributed by atoms with Crippen LogP contribution in [0.5, 0.6) is 0 Å². The van der Waals surface area contributed by atoms with Crippen LogP contribution in [0.25, 0.3) is 0 Å². The summed E-state index contributed by atoms with van der Waals surface area (Å²) in [5.41, 5.74) is 6.44. The van der Waals surface area contributed by atoms with Crippen molar-refractivity contribution in [3.8, 4) is 0 Å². The molecule has 1 aliphatic rings. The lowest BCUT2D eigenvalue weighted by Crippen LogP contribution is -2.52. The maximum atomic E-state index is 13.3. The Hall–Kier alpha value is -1.02. The lowest BCUT2D eigenvalue weighted by Gasteiger charge is -2.34. The van der Waals surface area contributed by atoms with Crippen LogP contribution in [0, 0.1) is 19.7 Å². The monoisotopic (exact) mass is 302 g/mol. The molecule has 0 radical (unpaired) electrons. The number of sulfonamides is 1. The first-order valence-electron chi connectivity index (χ1n) is 6.44. The Balaban J connectivity index is 2.49. The Labute approximate surface area is 118 Å². The Morgan fingerprint density at radius 2 is 2.00 bits per heavy atom. The number of rotatable bonds is 3. The van der Waals surface area contributed by atoms with Crippen LogP contribution >= 0.6 is 0 Å². The van der Waals surface area contributed by atoms with Crippen molar-refractivity contribution < 1.29 is 17.5 Å². The highest BCUT2D eigenvalue weighted by molar-refractivity contribution is 7.89. The fourth-order valence-corrected chi connectivity index (χ4v) is 4.58. The average Bonchev–Trinajstić information content (AvgIpc) is 2.37. The topological polar surface area (TPSA) is 72.6 Å². The lowest BCUT2D eigenvalue weighted by molar-refractivity contribution is 0.0358. The zero-order chi connectivity index (χ0) is 14.9. The van der Waals surface area contributed by atoms with Gasteiger partial charge in [0.25, 0.3) is 0 Å². The lowest BCUT2D eigenvalue weighted by atomic mass is 10.1. The average molecular weight is 302 g/mol. The van der Waals surface area contributed by atoms with Crippen molar-refractivity contribution >= 4 is 10.0 Å². The summed E-state index contributed by atoms with van der Waals surface area (Å²) in [4.78, 5) is 0.166. The van der Waals surface area contributed by atoms with E-state index in [1.165, 1.54) is 16.4 Å². The minimum Gasteiger partial charge on any atom is -0.378 e. The van der Waals surface area contributed by atoms with Crippen molar-refractivity contribution in [1.29, 1.82) is 0 Å². The van der Waals surface area contributed by atoms with Crippen LogP contribution in [0.3, 0.4) is 0 Å². The number of hydrogen-bond acceptors (Lipinski definition) is 4. The van der Waals surface area contributed by atoms with Crippen molar-refractivity contribution in [2.24, 2.45) is 5.73 Å². The van der Waals surface area contributed by atoms with Crippen molar-refractivity contribution in [2.45, 2.75) is 24.8 Å².